The molecule has 0 aliphatic carbocycles. The van der Waals surface area contributed by atoms with E-state index in [4.69, 9.17) is 9.52 Å². The van der Waals surface area contributed by atoms with E-state index in [0.29, 0.717) is 17.8 Å². The minimum Gasteiger partial charge on any atom is -0.480 e. The van der Waals surface area contributed by atoms with Crippen molar-refractivity contribution in [3.63, 3.8) is 0 Å². The zero-order valence-corrected chi connectivity index (χ0v) is 11.6. The topological polar surface area (TPSA) is 56.9 Å². The molecule has 0 unspecified atom stereocenters. The lowest BCUT2D eigenvalue weighted by Crippen LogP contribution is -2.35. The lowest BCUT2D eigenvalue weighted by atomic mass is 10.3. The van der Waals surface area contributed by atoms with Crippen molar-refractivity contribution in [2.24, 2.45) is 0 Å². The summed E-state index contributed by atoms with van der Waals surface area (Å²) in [6, 6.07) is 3.65. The van der Waals surface area contributed by atoms with Crippen molar-refractivity contribution in [1.82, 2.24) is 9.80 Å². The fourth-order valence-electron chi connectivity index (χ4n) is 1.40. The predicted octanol–water partition coefficient (Wildman–Crippen LogP) is 1.49. The van der Waals surface area contributed by atoms with Crippen molar-refractivity contribution >= 4 is 21.9 Å². The van der Waals surface area contributed by atoms with Crippen LogP contribution in [0, 0.1) is 0 Å². The normalized spacial score (nSPS) is 11.4. The Kier molecular flexibility index (Phi) is 5.67. The summed E-state index contributed by atoms with van der Waals surface area (Å²) in [4.78, 5) is 14.6. The molecule has 0 fully saturated rings. The predicted molar refractivity (Wildman–Crippen MR) is 67.9 cm³/mol. The molecule has 0 atom stereocenters. The van der Waals surface area contributed by atoms with Crippen molar-refractivity contribution in [3.8, 4) is 0 Å². The maximum Gasteiger partial charge on any atom is 0.317 e. The van der Waals surface area contributed by atoms with E-state index >= 15 is 0 Å². The van der Waals surface area contributed by atoms with Crippen molar-refractivity contribution in [3.05, 3.63) is 22.6 Å². The number of carboxylic acid groups (broad SMARTS) is 1. The zero-order chi connectivity index (χ0) is 12.8. The van der Waals surface area contributed by atoms with Gasteiger partial charge in [0.05, 0.1) is 13.1 Å². The van der Waals surface area contributed by atoms with Gasteiger partial charge in [0.25, 0.3) is 0 Å². The third-order valence-electron chi connectivity index (χ3n) is 2.23. The second kappa shape index (κ2) is 6.78. The van der Waals surface area contributed by atoms with Crippen LogP contribution in [0.5, 0.6) is 0 Å². The van der Waals surface area contributed by atoms with Crippen LogP contribution < -0.4 is 0 Å². The Labute approximate surface area is 109 Å². The molecule has 0 aliphatic heterocycles. The Bertz CT molecular complexity index is 365. The molecular weight excluding hydrogens is 288 g/mol. The number of likely N-dealkylation sites (N-methyl/N-ethyl adjacent to an activating group) is 1. The SMILES string of the molecule is CN(C)CCN(CC(=O)O)Cc1ccc(Br)o1. The van der Waals surface area contributed by atoms with E-state index in [9.17, 15) is 4.79 Å². The highest BCUT2D eigenvalue weighted by atomic mass is 79.9. The van der Waals surface area contributed by atoms with Gasteiger partial charge in [0, 0.05) is 13.1 Å². The molecule has 0 amide bonds. The Morgan fingerprint density at radius 1 is 1.41 bits per heavy atom. The molecular formula is C11H17BrN2O3. The first-order valence-corrected chi connectivity index (χ1v) is 6.10. The van der Waals surface area contributed by atoms with Crippen LogP contribution in [0.25, 0.3) is 0 Å². The number of halogens is 1. The fraction of sp³-hybridized carbons (Fsp3) is 0.545. The van der Waals surface area contributed by atoms with E-state index in [1.807, 2.05) is 30.0 Å². The first-order chi connectivity index (χ1) is 7.97. The largest absolute Gasteiger partial charge is 0.480 e. The maximum atomic E-state index is 10.8. The standard InChI is InChI=1S/C11H17BrN2O3/c1-13(2)5-6-14(8-11(15)16)7-9-3-4-10(12)17-9/h3-4H,5-8H2,1-2H3,(H,15,16). The van der Waals surface area contributed by atoms with Crippen molar-refractivity contribution < 1.29 is 14.3 Å². The summed E-state index contributed by atoms with van der Waals surface area (Å²) in [5, 5.41) is 8.84. The Balaban J connectivity index is 2.53. The molecule has 1 aromatic heterocycles. The number of hydrogen-bond donors (Lipinski definition) is 1. The number of aliphatic carboxylic acids is 1. The van der Waals surface area contributed by atoms with Gasteiger partial charge in [-0.3, -0.25) is 9.69 Å². The van der Waals surface area contributed by atoms with Gasteiger partial charge in [-0.1, -0.05) is 0 Å². The van der Waals surface area contributed by atoms with Crippen LogP contribution in [0.3, 0.4) is 0 Å². The van der Waals surface area contributed by atoms with E-state index < -0.39 is 5.97 Å². The van der Waals surface area contributed by atoms with Crippen LogP contribution in [-0.2, 0) is 11.3 Å². The summed E-state index contributed by atoms with van der Waals surface area (Å²) in [6.45, 7) is 2.03. The second-order valence-corrected chi connectivity index (χ2v) is 4.90. The van der Waals surface area contributed by atoms with Crippen molar-refractivity contribution in [2.75, 3.05) is 33.7 Å². The van der Waals surface area contributed by atoms with Crippen LogP contribution in [-0.4, -0.2) is 54.6 Å². The summed E-state index contributed by atoms with van der Waals surface area (Å²) in [5.74, 6) is -0.0636. The van der Waals surface area contributed by atoms with Crippen molar-refractivity contribution in [2.45, 2.75) is 6.54 Å². The van der Waals surface area contributed by atoms with E-state index in [0.717, 1.165) is 12.3 Å². The summed E-state index contributed by atoms with van der Waals surface area (Å²) in [7, 11) is 3.92. The van der Waals surface area contributed by atoms with Gasteiger partial charge >= 0.3 is 5.97 Å². The van der Waals surface area contributed by atoms with Gasteiger partial charge in [-0.25, -0.2) is 0 Å². The molecule has 0 radical (unpaired) electrons. The van der Waals surface area contributed by atoms with Gasteiger partial charge in [0.15, 0.2) is 4.67 Å². The lowest BCUT2D eigenvalue weighted by Gasteiger charge is -2.21. The first kappa shape index (κ1) is 14.2. The van der Waals surface area contributed by atoms with E-state index in [2.05, 4.69) is 15.9 Å². The Morgan fingerprint density at radius 3 is 2.59 bits per heavy atom. The van der Waals surface area contributed by atoms with Crippen LogP contribution in [0.4, 0.5) is 0 Å². The molecule has 0 bridgehead atoms. The molecule has 1 aromatic rings. The highest BCUT2D eigenvalue weighted by molar-refractivity contribution is 9.10. The van der Waals surface area contributed by atoms with Crippen LogP contribution in [0.15, 0.2) is 21.2 Å². The minimum atomic E-state index is -0.825. The molecule has 0 saturated heterocycles. The first-order valence-electron chi connectivity index (χ1n) is 5.30. The molecule has 0 aliphatic rings. The molecule has 1 N–H and O–H groups in total. The summed E-state index contributed by atoms with van der Waals surface area (Å²) in [6.07, 6.45) is 0. The summed E-state index contributed by atoms with van der Waals surface area (Å²) >= 11 is 3.23. The maximum absolute atomic E-state index is 10.8. The molecule has 6 heteroatoms. The lowest BCUT2D eigenvalue weighted by molar-refractivity contribution is -0.138. The van der Waals surface area contributed by atoms with E-state index in [1.54, 1.807) is 6.07 Å². The monoisotopic (exact) mass is 304 g/mol. The third-order valence-corrected chi connectivity index (χ3v) is 2.66. The van der Waals surface area contributed by atoms with Gasteiger partial charge in [-0.2, -0.15) is 0 Å². The zero-order valence-electron chi connectivity index (χ0n) is 10.0. The summed E-state index contributed by atoms with van der Waals surface area (Å²) in [5.41, 5.74) is 0. The molecule has 1 rings (SSSR count). The summed E-state index contributed by atoms with van der Waals surface area (Å²) < 4.78 is 6.03. The van der Waals surface area contributed by atoms with Crippen molar-refractivity contribution in [1.29, 1.82) is 0 Å². The Morgan fingerprint density at radius 2 is 2.12 bits per heavy atom. The second-order valence-electron chi connectivity index (χ2n) is 4.11. The number of hydrogen-bond acceptors (Lipinski definition) is 4. The highest BCUT2D eigenvalue weighted by Gasteiger charge is 2.12. The number of carboxylic acids is 1. The fourth-order valence-corrected chi connectivity index (χ4v) is 1.74. The number of nitrogens with zero attached hydrogens (tertiary/aromatic N) is 2. The molecule has 1 heterocycles. The molecule has 0 aromatic carbocycles. The van der Waals surface area contributed by atoms with E-state index in [-0.39, 0.29) is 6.54 Å². The molecule has 17 heavy (non-hydrogen) atoms. The average Bonchev–Trinajstić information content (AvgIpc) is 2.59. The smallest absolute Gasteiger partial charge is 0.317 e. The van der Waals surface area contributed by atoms with Crippen LogP contribution in [0.2, 0.25) is 0 Å². The highest BCUT2D eigenvalue weighted by Crippen LogP contribution is 2.15. The molecule has 96 valence electrons. The molecule has 0 saturated carbocycles. The molecule has 5 nitrogen and oxygen atoms in total. The Hall–Kier alpha value is -0.850. The number of rotatable bonds is 7. The van der Waals surface area contributed by atoms with Gasteiger partial charge < -0.3 is 14.4 Å². The minimum absolute atomic E-state index is 0.0200. The van der Waals surface area contributed by atoms with Gasteiger partial charge in [-0.05, 0) is 42.2 Å². The number of furan rings is 1. The average molecular weight is 305 g/mol. The van der Waals surface area contributed by atoms with Crippen LogP contribution in [0.1, 0.15) is 5.76 Å². The number of carbonyl (C=O) groups is 1. The van der Waals surface area contributed by atoms with Gasteiger partial charge in [0.1, 0.15) is 5.76 Å². The van der Waals surface area contributed by atoms with Gasteiger partial charge in [0.2, 0.25) is 0 Å². The van der Waals surface area contributed by atoms with Crippen LogP contribution >= 0.6 is 15.9 Å². The quantitative estimate of drug-likeness (QED) is 0.827. The van der Waals surface area contributed by atoms with Gasteiger partial charge in [-0.15, -0.1) is 0 Å². The third kappa shape index (κ3) is 5.86. The molecule has 0 spiro atoms. The van der Waals surface area contributed by atoms with E-state index in [1.165, 1.54) is 0 Å².